The van der Waals surface area contributed by atoms with E-state index in [0.29, 0.717) is 22.6 Å². The number of nitrogens with zero attached hydrogens (tertiary/aromatic N) is 4. The average Bonchev–Trinajstić information content (AvgIpc) is 2.83. The lowest BCUT2D eigenvalue weighted by molar-refractivity contribution is 0.102. The van der Waals surface area contributed by atoms with Gasteiger partial charge in [0, 0.05) is 13.2 Å². The molecule has 1 N–H and O–H groups in total. The van der Waals surface area contributed by atoms with Crippen LogP contribution in [0.1, 0.15) is 21.7 Å². The van der Waals surface area contributed by atoms with Gasteiger partial charge < -0.3 is 14.8 Å². The zero-order valence-corrected chi connectivity index (χ0v) is 12.6. The van der Waals surface area contributed by atoms with Gasteiger partial charge in [0.2, 0.25) is 5.88 Å². The lowest BCUT2D eigenvalue weighted by atomic mass is 10.2. The summed E-state index contributed by atoms with van der Waals surface area (Å²) >= 11 is 0. The first-order chi connectivity index (χ1) is 9.96. The topological polar surface area (TPSA) is 91.2 Å². The predicted molar refractivity (Wildman–Crippen MR) is 75.8 cm³/mol. The third-order valence-electron chi connectivity index (χ3n) is 2.90. The van der Waals surface area contributed by atoms with E-state index in [1.165, 1.54) is 18.9 Å². The number of rotatable bonds is 4. The number of amides is 1. The number of hydrogen-bond donors (Lipinski definition) is 1. The van der Waals surface area contributed by atoms with Crippen molar-refractivity contribution >= 4 is 11.6 Å². The van der Waals surface area contributed by atoms with Crippen LogP contribution in [-0.2, 0) is 7.05 Å². The van der Waals surface area contributed by atoms with Crippen LogP contribution in [0.25, 0.3) is 0 Å². The van der Waals surface area contributed by atoms with Crippen molar-refractivity contribution in [3.05, 3.63) is 23.1 Å². The Balaban J connectivity index is 2.31. The highest BCUT2D eigenvalue weighted by molar-refractivity contribution is 6.06. The van der Waals surface area contributed by atoms with E-state index in [2.05, 4.69) is 20.4 Å². The molecular weight excluding hydrogens is 274 g/mol. The molecule has 2 heterocycles. The molecule has 0 bridgehead atoms. The van der Waals surface area contributed by atoms with Gasteiger partial charge in [0.25, 0.3) is 5.91 Å². The minimum absolute atomic E-state index is 0.264. The zero-order valence-electron chi connectivity index (χ0n) is 12.6. The molecule has 0 saturated carbocycles. The third kappa shape index (κ3) is 2.93. The summed E-state index contributed by atoms with van der Waals surface area (Å²) in [6.07, 6.45) is 1.59. The molecule has 2 rings (SSSR count). The normalized spacial score (nSPS) is 10.3. The SMILES string of the molecule is COc1nc(C)c(NC(=O)c2cn(C)nc2OC)c(C)n1. The number of carbonyl (C=O) groups excluding carboxylic acids is 1. The number of hydrogen-bond acceptors (Lipinski definition) is 6. The number of carbonyl (C=O) groups is 1. The molecule has 0 aliphatic carbocycles. The highest BCUT2D eigenvalue weighted by Crippen LogP contribution is 2.22. The second kappa shape index (κ2) is 5.78. The van der Waals surface area contributed by atoms with Crippen LogP contribution in [0.4, 0.5) is 5.69 Å². The summed E-state index contributed by atoms with van der Waals surface area (Å²) < 4.78 is 11.6. The maximum Gasteiger partial charge on any atom is 0.316 e. The smallest absolute Gasteiger partial charge is 0.316 e. The van der Waals surface area contributed by atoms with E-state index in [-0.39, 0.29) is 17.8 Å². The van der Waals surface area contributed by atoms with E-state index in [1.807, 2.05) is 0 Å². The van der Waals surface area contributed by atoms with E-state index < -0.39 is 0 Å². The molecule has 0 spiro atoms. The molecule has 0 unspecified atom stereocenters. The fourth-order valence-corrected chi connectivity index (χ4v) is 1.91. The number of aryl methyl sites for hydroxylation is 3. The number of aromatic nitrogens is 4. The van der Waals surface area contributed by atoms with Gasteiger partial charge >= 0.3 is 6.01 Å². The van der Waals surface area contributed by atoms with Gasteiger partial charge in [-0.05, 0) is 13.8 Å². The molecule has 0 radical (unpaired) electrons. The molecule has 0 fully saturated rings. The number of anilines is 1. The van der Waals surface area contributed by atoms with Crippen molar-refractivity contribution < 1.29 is 14.3 Å². The van der Waals surface area contributed by atoms with Crippen LogP contribution in [0.15, 0.2) is 6.20 Å². The molecule has 1 amide bonds. The van der Waals surface area contributed by atoms with Gasteiger partial charge in [-0.1, -0.05) is 0 Å². The number of methoxy groups -OCH3 is 2. The standard InChI is InChI=1S/C13H17N5O3/c1-7-10(8(2)15-13(14-7)21-5)16-11(19)9-6-18(3)17-12(9)20-4/h6H,1-5H3,(H,16,19). The summed E-state index contributed by atoms with van der Waals surface area (Å²) in [5.41, 5.74) is 2.13. The Kier molecular flexibility index (Phi) is 4.06. The van der Waals surface area contributed by atoms with Crippen molar-refractivity contribution in [2.24, 2.45) is 7.05 Å². The molecule has 112 valence electrons. The Bertz CT molecular complexity index is 657. The summed E-state index contributed by atoms with van der Waals surface area (Å²) in [5.74, 6) is -0.0698. The fourth-order valence-electron chi connectivity index (χ4n) is 1.91. The van der Waals surface area contributed by atoms with Gasteiger partial charge in [0.05, 0.1) is 31.3 Å². The first kappa shape index (κ1) is 14.8. The maximum absolute atomic E-state index is 12.3. The largest absolute Gasteiger partial charge is 0.479 e. The number of ether oxygens (including phenoxy) is 2. The minimum Gasteiger partial charge on any atom is -0.479 e. The average molecular weight is 291 g/mol. The first-order valence-electron chi connectivity index (χ1n) is 6.24. The Morgan fingerprint density at radius 1 is 1.19 bits per heavy atom. The Hall–Kier alpha value is -2.64. The van der Waals surface area contributed by atoms with E-state index in [0.717, 1.165) is 0 Å². The zero-order chi connectivity index (χ0) is 15.6. The van der Waals surface area contributed by atoms with Crippen molar-refractivity contribution in [1.82, 2.24) is 19.7 Å². The van der Waals surface area contributed by atoms with Gasteiger partial charge in [0.15, 0.2) is 0 Å². The lowest BCUT2D eigenvalue weighted by Gasteiger charge is -2.11. The van der Waals surface area contributed by atoms with Crippen LogP contribution in [-0.4, -0.2) is 39.9 Å². The summed E-state index contributed by atoms with van der Waals surface area (Å²) in [4.78, 5) is 20.6. The van der Waals surface area contributed by atoms with Gasteiger partial charge in [-0.3, -0.25) is 9.48 Å². The van der Waals surface area contributed by atoms with E-state index in [4.69, 9.17) is 9.47 Å². The van der Waals surface area contributed by atoms with Crippen LogP contribution in [0.3, 0.4) is 0 Å². The van der Waals surface area contributed by atoms with Crippen molar-refractivity contribution in [2.45, 2.75) is 13.8 Å². The van der Waals surface area contributed by atoms with Crippen molar-refractivity contribution in [3.8, 4) is 11.9 Å². The molecule has 8 nitrogen and oxygen atoms in total. The van der Waals surface area contributed by atoms with Gasteiger partial charge in [0.1, 0.15) is 5.56 Å². The molecule has 0 aromatic carbocycles. The minimum atomic E-state index is -0.333. The van der Waals surface area contributed by atoms with Gasteiger partial charge in [-0.2, -0.15) is 9.97 Å². The molecule has 8 heteroatoms. The summed E-state index contributed by atoms with van der Waals surface area (Å²) in [6.45, 7) is 3.54. The number of nitrogens with one attached hydrogen (secondary N) is 1. The monoisotopic (exact) mass is 291 g/mol. The van der Waals surface area contributed by atoms with Crippen LogP contribution in [0.2, 0.25) is 0 Å². The Labute approximate surface area is 122 Å². The predicted octanol–water partition coefficient (Wildman–Crippen LogP) is 1.10. The molecular formula is C13H17N5O3. The summed E-state index contributed by atoms with van der Waals surface area (Å²) in [6, 6.07) is 0.266. The molecule has 21 heavy (non-hydrogen) atoms. The second-order valence-electron chi connectivity index (χ2n) is 4.44. The third-order valence-corrected chi connectivity index (χ3v) is 2.90. The van der Waals surface area contributed by atoms with Crippen molar-refractivity contribution in [1.29, 1.82) is 0 Å². The Morgan fingerprint density at radius 2 is 1.81 bits per heavy atom. The van der Waals surface area contributed by atoms with Crippen LogP contribution in [0.5, 0.6) is 11.9 Å². The van der Waals surface area contributed by atoms with Crippen LogP contribution in [0, 0.1) is 13.8 Å². The molecule has 0 aliphatic rings. The van der Waals surface area contributed by atoms with Crippen LogP contribution < -0.4 is 14.8 Å². The second-order valence-corrected chi connectivity index (χ2v) is 4.44. The van der Waals surface area contributed by atoms with Crippen LogP contribution >= 0.6 is 0 Å². The first-order valence-corrected chi connectivity index (χ1v) is 6.24. The molecule has 2 aromatic heterocycles. The molecule has 0 atom stereocenters. The van der Waals surface area contributed by atoms with E-state index in [9.17, 15) is 4.79 Å². The molecule has 2 aromatic rings. The highest BCUT2D eigenvalue weighted by Gasteiger charge is 2.19. The van der Waals surface area contributed by atoms with Gasteiger partial charge in [-0.25, -0.2) is 0 Å². The lowest BCUT2D eigenvalue weighted by Crippen LogP contribution is -2.15. The fraction of sp³-hybridized carbons (Fsp3) is 0.385. The van der Waals surface area contributed by atoms with E-state index >= 15 is 0 Å². The summed E-state index contributed by atoms with van der Waals surface area (Å²) in [7, 11) is 4.67. The Morgan fingerprint density at radius 3 is 2.33 bits per heavy atom. The van der Waals surface area contributed by atoms with Gasteiger partial charge in [-0.15, -0.1) is 5.10 Å². The molecule has 0 aliphatic heterocycles. The van der Waals surface area contributed by atoms with Crippen molar-refractivity contribution in [3.63, 3.8) is 0 Å². The maximum atomic E-state index is 12.3. The summed E-state index contributed by atoms with van der Waals surface area (Å²) in [5, 5.41) is 6.83. The van der Waals surface area contributed by atoms with E-state index in [1.54, 1.807) is 27.1 Å². The highest BCUT2D eigenvalue weighted by atomic mass is 16.5. The molecule has 0 saturated heterocycles. The van der Waals surface area contributed by atoms with Crippen molar-refractivity contribution in [2.75, 3.05) is 19.5 Å². The quantitative estimate of drug-likeness (QED) is 0.907.